The van der Waals surface area contributed by atoms with Crippen LogP contribution >= 0.6 is 0 Å². The number of carbonyl (C=O) groups excluding carboxylic acids is 1. The van der Waals surface area contributed by atoms with Gasteiger partial charge in [-0.05, 0) is 11.6 Å². The van der Waals surface area contributed by atoms with Crippen LogP contribution in [-0.2, 0) is 11.2 Å². The molecule has 2 N–H and O–H groups in total. The van der Waals surface area contributed by atoms with Gasteiger partial charge >= 0.3 is 0 Å². The lowest BCUT2D eigenvalue weighted by molar-refractivity contribution is -0.119. The molecular weight excluding hydrogens is 182 g/mol. The molecule has 0 radical (unpaired) electrons. The van der Waals surface area contributed by atoms with Crippen molar-refractivity contribution in [1.82, 2.24) is 0 Å². The molecule has 0 atom stereocenters. The maximum atomic E-state index is 10.5. The quantitative estimate of drug-likeness (QED) is 0.759. The van der Waals surface area contributed by atoms with E-state index in [2.05, 4.69) is 0 Å². The molecule has 74 valence electrons. The number of carbonyl (C=O) groups is 1. The minimum Gasteiger partial charge on any atom is -0.493 e. The molecule has 4 heteroatoms. The number of hydrogen-bond donors (Lipinski definition) is 1. The third-order valence-corrected chi connectivity index (χ3v) is 2.05. The van der Waals surface area contributed by atoms with Gasteiger partial charge in [-0.15, -0.1) is 0 Å². The molecule has 1 aromatic carbocycles. The fourth-order valence-electron chi connectivity index (χ4n) is 1.39. The molecule has 1 aliphatic heterocycles. The van der Waals surface area contributed by atoms with Crippen molar-refractivity contribution in [3.05, 3.63) is 23.8 Å². The van der Waals surface area contributed by atoms with E-state index in [4.69, 9.17) is 15.2 Å². The first-order valence-corrected chi connectivity index (χ1v) is 4.42. The number of hydrogen-bond acceptors (Lipinski definition) is 3. The zero-order chi connectivity index (χ0) is 9.97. The Morgan fingerprint density at radius 2 is 2.43 bits per heavy atom. The van der Waals surface area contributed by atoms with E-state index < -0.39 is 5.91 Å². The van der Waals surface area contributed by atoms with Crippen LogP contribution in [0.3, 0.4) is 0 Å². The van der Waals surface area contributed by atoms with Crippen molar-refractivity contribution in [2.75, 3.05) is 13.2 Å². The minimum atomic E-state index is -0.480. The van der Waals surface area contributed by atoms with Crippen LogP contribution in [-0.4, -0.2) is 19.1 Å². The number of amides is 1. The van der Waals surface area contributed by atoms with Gasteiger partial charge in [-0.1, -0.05) is 6.07 Å². The Labute approximate surface area is 81.6 Å². The van der Waals surface area contributed by atoms with Gasteiger partial charge in [-0.25, -0.2) is 0 Å². The SMILES string of the molecule is NC(=O)COc1ccc2c(c1)OCC2. The first-order valence-electron chi connectivity index (χ1n) is 4.42. The summed E-state index contributed by atoms with van der Waals surface area (Å²) in [5.74, 6) is 0.975. The molecule has 0 saturated heterocycles. The van der Waals surface area contributed by atoms with Gasteiger partial charge in [0.15, 0.2) is 6.61 Å². The standard InChI is InChI=1S/C10H11NO3/c11-10(12)6-14-8-2-1-7-3-4-13-9(7)5-8/h1-2,5H,3-4,6H2,(H2,11,12). The van der Waals surface area contributed by atoms with Gasteiger partial charge in [-0.2, -0.15) is 0 Å². The molecule has 4 nitrogen and oxygen atoms in total. The first-order chi connectivity index (χ1) is 6.75. The van der Waals surface area contributed by atoms with Crippen LogP contribution < -0.4 is 15.2 Å². The van der Waals surface area contributed by atoms with Crippen molar-refractivity contribution in [2.24, 2.45) is 5.73 Å². The second-order valence-corrected chi connectivity index (χ2v) is 3.12. The van der Waals surface area contributed by atoms with E-state index in [1.807, 2.05) is 12.1 Å². The Hall–Kier alpha value is -1.71. The van der Waals surface area contributed by atoms with E-state index in [0.717, 1.165) is 12.2 Å². The zero-order valence-corrected chi connectivity index (χ0v) is 7.66. The largest absolute Gasteiger partial charge is 0.493 e. The van der Waals surface area contributed by atoms with E-state index in [1.54, 1.807) is 6.07 Å². The van der Waals surface area contributed by atoms with E-state index in [1.165, 1.54) is 5.56 Å². The van der Waals surface area contributed by atoms with E-state index >= 15 is 0 Å². The Balaban J connectivity index is 2.09. The smallest absolute Gasteiger partial charge is 0.255 e. The average molecular weight is 193 g/mol. The predicted octanol–water partition coefficient (Wildman–Crippen LogP) is 0.486. The van der Waals surface area contributed by atoms with Crippen LogP contribution in [0.15, 0.2) is 18.2 Å². The summed E-state index contributed by atoms with van der Waals surface area (Å²) in [5.41, 5.74) is 6.14. The maximum Gasteiger partial charge on any atom is 0.255 e. The van der Waals surface area contributed by atoms with Crippen molar-refractivity contribution in [3.63, 3.8) is 0 Å². The number of nitrogens with two attached hydrogens (primary N) is 1. The van der Waals surface area contributed by atoms with Gasteiger partial charge in [0.25, 0.3) is 5.91 Å². The van der Waals surface area contributed by atoms with Crippen LogP contribution in [0, 0.1) is 0 Å². The van der Waals surface area contributed by atoms with Crippen molar-refractivity contribution in [2.45, 2.75) is 6.42 Å². The molecule has 1 aliphatic rings. The molecule has 0 spiro atoms. The number of ether oxygens (including phenoxy) is 2. The highest BCUT2D eigenvalue weighted by atomic mass is 16.5. The molecule has 0 aliphatic carbocycles. The normalized spacial score (nSPS) is 13.1. The van der Waals surface area contributed by atoms with Gasteiger partial charge in [-0.3, -0.25) is 4.79 Å². The zero-order valence-electron chi connectivity index (χ0n) is 7.66. The molecule has 1 heterocycles. The van der Waals surface area contributed by atoms with Crippen molar-refractivity contribution < 1.29 is 14.3 Å². The monoisotopic (exact) mass is 193 g/mol. The van der Waals surface area contributed by atoms with Crippen LogP contribution in [0.4, 0.5) is 0 Å². The minimum absolute atomic E-state index is 0.0984. The number of primary amides is 1. The molecule has 0 fully saturated rings. The van der Waals surface area contributed by atoms with Gasteiger partial charge in [0.1, 0.15) is 11.5 Å². The molecule has 1 aromatic rings. The summed E-state index contributed by atoms with van der Waals surface area (Å²) in [6.45, 7) is 0.618. The van der Waals surface area contributed by atoms with Crippen molar-refractivity contribution in [1.29, 1.82) is 0 Å². The van der Waals surface area contributed by atoms with Gasteiger partial charge in [0.05, 0.1) is 6.61 Å². The molecule has 14 heavy (non-hydrogen) atoms. The van der Waals surface area contributed by atoms with Crippen LogP contribution in [0.1, 0.15) is 5.56 Å². The summed E-state index contributed by atoms with van der Waals surface area (Å²) in [6, 6.07) is 5.54. The second kappa shape index (κ2) is 3.57. The number of rotatable bonds is 3. The molecule has 0 aromatic heterocycles. The maximum absolute atomic E-state index is 10.5. The van der Waals surface area contributed by atoms with Gasteiger partial charge < -0.3 is 15.2 Å². The summed E-state index contributed by atoms with van der Waals surface area (Å²) in [6.07, 6.45) is 0.936. The third kappa shape index (κ3) is 1.79. The lowest BCUT2D eigenvalue weighted by Crippen LogP contribution is -2.19. The van der Waals surface area contributed by atoms with E-state index in [0.29, 0.717) is 12.4 Å². The summed E-state index contributed by atoms with van der Waals surface area (Å²) in [4.78, 5) is 10.5. The predicted molar refractivity (Wildman–Crippen MR) is 50.3 cm³/mol. The van der Waals surface area contributed by atoms with E-state index in [9.17, 15) is 4.79 Å². The molecule has 1 amide bonds. The highest BCUT2D eigenvalue weighted by Crippen LogP contribution is 2.29. The topological polar surface area (TPSA) is 61.6 Å². The van der Waals surface area contributed by atoms with Crippen LogP contribution in [0.25, 0.3) is 0 Å². The lowest BCUT2D eigenvalue weighted by atomic mass is 10.2. The Bertz CT molecular complexity index is 362. The van der Waals surface area contributed by atoms with E-state index in [-0.39, 0.29) is 6.61 Å². The molecular formula is C10H11NO3. The van der Waals surface area contributed by atoms with Crippen molar-refractivity contribution >= 4 is 5.91 Å². The Morgan fingerprint density at radius 1 is 1.57 bits per heavy atom. The second-order valence-electron chi connectivity index (χ2n) is 3.12. The number of benzene rings is 1. The third-order valence-electron chi connectivity index (χ3n) is 2.05. The summed E-state index contributed by atoms with van der Waals surface area (Å²) >= 11 is 0. The Kier molecular flexibility index (Phi) is 2.26. The average Bonchev–Trinajstić information content (AvgIpc) is 2.61. The summed E-state index contributed by atoms with van der Waals surface area (Å²) in [5, 5.41) is 0. The summed E-state index contributed by atoms with van der Waals surface area (Å²) < 4.78 is 10.5. The first kappa shape index (κ1) is 8.87. The Morgan fingerprint density at radius 3 is 3.21 bits per heavy atom. The van der Waals surface area contributed by atoms with Crippen LogP contribution in [0.2, 0.25) is 0 Å². The molecule has 0 saturated carbocycles. The number of fused-ring (bicyclic) bond motifs is 1. The fourth-order valence-corrected chi connectivity index (χ4v) is 1.39. The summed E-state index contributed by atoms with van der Waals surface area (Å²) in [7, 11) is 0. The highest BCUT2D eigenvalue weighted by Gasteiger charge is 2.12. The van der Waals surface area contributed by atoms with Gasteiger partial charge in [0, 0.05) is 12.5 Å². The van der Waals surface area contributed by atoms with Gasteiger partial charge in [0.2, 0.25) is 0 Å². The lowest BCUT2D eigenvalue weighted by Gasteiger charge is -2.05. The molecule has 0 bridgehead atoms. The highest BCUT2D eigenvalue weighted by molar-refractivity contribution is 5.75. The van der Waals surface area contributed by atoms with Crippen molar-refractivity contribution in [3.8, 4) is 11.5 Å². The fraction of sp³-hybridized carbons (Fsp3) is 0.300. The molecule has 0 unspecified atom stereocenters. The molecule has 2 rings (SSSR count). The van der Waals surface area contributed by atoms with Crippen LogP contribution in [0.5, 0.6) is 11.5 Å².